The van der Waals surface area contributed by atoms with Crippen LogP contribution in [0.3, 0.4) is 0 Å². The molecule has 0 bridgehead atoms. The summed E-state index contributed by atoms with van der Waals surface area (Å²) in [7, 11) is 0. The molecule has 0 aliphatic rings. The highest BCUT2D eigenvalue weighted by atomic mass is 16.3. The number of aliphatic hydroxyl groups is 1. The average molecular weight is 271 g/mol. The summed E-state index contributed by atoms with van der Waals surface area (Å²) in [5.41, 5.74) is 0. The predicted molar refractivity (Wildman–Crippen MR) is 86.5 cm³/mol. The number of hydrogen-bond donors (Lipinski definition) is 1. The maximum atomic E-state index is 9.86. The van der Waals surface area contributed by atoms with Crippen molar-refractivity contribution in [3.05, 3.63) is 0 Å². The van der Waals surface area contributed by atoms with Gasteiger partial charge < -0.3 is 5.11 Å². The van der Waals surface area contributed by atoms with Crippen molar-refractivity contribution in [2.24, 2.45) is 11.8 Å². The molecule has 1 N–H and O–H groups in total. The molecule has 0 aliphatic carbocycles. The smallest absolute Gasteiger partial charge is 0.0542 e. The molecule has 2 unspecified atom stereocenters. The van der Waals surface area contributed by atoms with E-state index in [2.05, 4.69) is 27.7 Å². The Balaban J connectivity index is 3.32. The topological polar surface area (TPSA) is 20.2 Å². The van der Waals surface area contributed by atoms with Crippen LogP contribution in [0.4, 0.5) is 0 Å². The van der Waals surface area contributed by atoms with E-state index in [0.717, 1.165) is 18.8 Å². The molecular weight excluding hydrogens is 232 g/mol. The zero-order valence-corrected chi connectivity index (χ0v) is 14.0. The minimum atomic E-state index is -0.0727. The normalized spacial score (nSPS) is 14.8. The third-order valence-electron chi connectivity index (χ3n) is 4.04. The summed E-state index contributed by atoms with van der Waals surface area (Å²) in [5.74, 6) is 1.41. The van der Waals surface area contributed by atoms with E-state index in [1.165, 1.54) is 57.8 Å². The monoisotopic (exact) mass is 270 g/mol. The zero-order chi connectivity index (χ0) is 14.5. The van der Waals surface area contributed by atoms with Gasteiger partial charge in [0.25, 0.3) is 0 Å². The lowest BCUT2D eigenvalue weighted by Gasteiger charge is -2.16. The van der Waals surface area contributed by atoms with Crippen LogP contribution >= 0.6 is 0 Å². The fourth-order valence-electron chi connectivity index (χ4n) is 2.73. The second-order valence-electron chi connectivity index (χ2n) is 6.88. The summed E-state index contributed by atoms with van der Waals surface area (Å²) in [6, 6.07) is 0. The Hall–Kier alpha value is -0.0400. The van der Waals surface area contributed by atoms with Crippen molar-refractivity contribution in [2.75, 3.05) is 0 Å². The standard InChI is InChI=1S/C18H38O/c1-5-6-7-8-9-10-11-12-17(4)13-14-18(19)15-16(2)3/h16-19H,5-15H2,1-4H3. The van der Waals surface area contributed by atoms with E-state index in [0.29, 0.717) is 5.92 Å². The first kappa shape index (κ1) is 19.0. The van der Waals surface area contributed by atoms with Crippen molar-refractivity contribution >= 4 is 0 Å². The Kier molecular flexibility index (Phi) is 12.9. The highest BCUT2D eigenvalue weighted by molar-refractivity contribution is 4.62. The Morgan fingerprint density at radius 2 is 1.32 bits per heavy atom. The number of rotatable bonds is 13. The van der Waals surface area contributed by atoms with Crippen LogP contribution < -0.4 is 0 Å². The van der Waals surface area contributed by atoms with Gasteiger partial charge in [0.1, 0.15) is 0 Å². The van der Waals surface area contributed by atoms with Gasteiger partial charge in [-0.1, -0.05) is 79.1 Å². The first-order chi connectivity index (χ1) is 9.06. The highest BCUT2D eigenvalue weighted by Crippen LogP contribution is 2.19. The molecule has 2 atom stereocenters. The van der Waals surface area contributed by atoms with Crippen molar-refractivity contribution in [3.63, 3.8) is 0 Å². The van der Waals surface area contributed by atoms with Crippen LogP contribution in [0.15, 0.2) is 0 Å². The van der Waals surface area contributed by atoms with Crippen LogP contribution in [0, 0.1) is 11.8 Å². The van der Waals surface area contributed by atoms with Gasteiger partial charge in [-0.05, 0) is 31.1 Å². The SMILES string of the molecule is CCCCCCCCCC(C)CCC(O)CC(C)C. The molecule has 0 saturated carbocycles. The summed E-state index contributed by atoms with van der Waals surface area (Å²) in [6.07, 6.45) is 14.2. The van der Waals surface area contributed by atoms with Crippen LogP contribution in [0.1, 0.15) is 98.3 Å². The molecule has 0 aliphatic heterocycles. The largest absolute Gasteiger partial charge is 0.393 e. The zero-order valence-electron chi connectivity index (χ0n) is 14.0. The lowest BCUT2D eigenvalue weighted by molar-refractivity contribution is 0.131. The van der Waals surface area contributed by atoms with Crippen LogP contribution in [0.5, 0.6) is 0 Å². The lowest BCUT2D eigenvalue weighted by atomic mass is 9.94. The Bertz CT molecular complexity index is 177. The summed E-state index contributed by atoms with van der Waals surface area (Å²) in [5, 5.41) is 9.86. The van der Waals surface area contributed by atoms with Gasteiger partial charge in [-0.2, -0.15) is 0 Å². The fraction of sp³-hybridized carbons (Fsp3) is 1.00. The molecule has 0 heterocycles. The van der Waals surface area contributed by atoms with E-state index in [1.807, 2.05) is 0 Å². The number of hydrogen-bond acceptors (Lipinski definition) is 1. The summed E-state index contributed by atoms with van der Waals surface area (Å²) < 4.78 is 0. The van der Waals surface area contributed by atoms with Crippen molar-refractivity contribution in [1.29, 1.82) is 0 Å². The first-order valence-electron chi connectivity index (χ1n) is 8.74. The van der Waals surface area contributed by atoms with Crippen molar-refractivity contribution in [1.82, 2.24) is 0 Å². The quantitative estimate of drug-likeness (QED) is 0.410. The third kappa shape index (κ3) is 14.2. The third-order valence-corrected chi connectivity index (χ3v) is 4.04. The maximum absolute atomic E-state index is 9.86. The maximum Gasteiger partial charge on any atom is 0.0542 e. The fourth-order valence-corrected chi connectivity index (χ4v) is 2.73. The van der Waals surface area contributed by atoms with Gasteiger partial charge in [0.05, 0.1) is 6.10 Å². The van der Waals surface area contributed by atoms with Crippen LogP contribution in [-0.2, 0) is 0 Å². The minimum Gasteiger partial charge on any atom is -0.393 e. The molecule has 0 fully saturated rings. The molecule has 0 aromatic carbocycles. The molecule has 1 heteroatoms. The first-order valence-corrected chi connectivity index (χ1v) is 8.74. The molecule has 19 heavy (non-hydrogen) atoms. The van der Waals surface area contributed by atoms with Gasteiger partial charge in [-0.25, -0.2) is 0 Å². The molecule has 0 aromatic heterocycles. The molecule has 1 nitrogen and oxygen atoms in total. The Labute approximate surface area is 122 Å². The number of aliphatic hydroxyl groups excluding tert-OH is 1. The van der Waals surface area contributed by atoms with Crippen LogP contribution in [-0.4, -0.2) is 11.2 Å². The Morgan fingerprint density at radius 1 is 0.737 bits per heavy atom. The predicted octanol–water partition coefficient (Wildman–Crippen LogP) is 5.95. The molecule has 0 aromatic rings. The molecule has 0 amide bonds. The summed E-state index contributed by atoms with van der Waals surface area (Å²) >= 11 is 0. The summed E-state index contributed by atoms with van der Waals surface area (Å²) in [6.45, 7) is 8.99. The molecule has 0 saturated heterocycles. The van der Waals surface area contributed by atoms with Crippen molar-refractivity contribution in [2.45, 2.75) is 104 Å². The van der Waals surface area contributed by atoms with Crippen molar-refractivity contribution < 1.29 is 5.11 Å². The Morgan fingerprint density at radius 3 is 1.89 bits per heavy atom. The molecular formula is C18H38O. The molecule has 0 rings (SSSR count). The second kappa shape index (κ2) is 13.0. The van der Waals surface area contributed by atoms with Crippen LogP contribution in [0.2, 0.25) is 0 Å². The lowest BCUT2D eigenvalue weighted by Crippen LogP contribution is -2.11. The van der Waals surface area contributed by atoms with Crippen molar-refractivity contribution in [3.8, 4) is 0 Å². The van der Waals surface area contributed by atoms with Gasteiger partial charge in [-0.3, -0.25) is 0 Å². The summed E-state index contributed by atoms with van der Waals surface area (Å²) in [4.78, 5) is 0. The van der Waals surface area contributed by atoms with Gasteiger partial charge in [0.15, 0.2) is 0 Å². The average Bonchev–Trinajstić information content (AvgIpc) is 2.34. The van der Waals surface area contributed by atoms with E-state index < -0.39 is 0 Å². The molecule has 0 radical (unpaired) electrons. The van der Waals surface area contributed by atoms with E-state index in [9.17, 15) is 5.11 Å². The van der Waals surface area contributed by atoms with Gasteiger partial charge in [0, 0.05) is 0 Å². The van der Waals surface area contributed by atoms with E-state index in [4.69, 9.17) is 0 Å². The highest BCUT2D eigenvalue weighted by Gasteiger charge is 2.09. The van der Waals surface area contributed by atoms with E-state index in [-0.39, 0.29) is 6.10 Å². The van der Waals surface area contributed by atoms with E-state index >= 15 is 0 Å². The van der Waals surface area contributed by atoms with Gasteiger partial charge >= 0.3 is 0 Å². The molecule has 116 valence electrons. The molecule has 0 spiro atoms. The van der Waals surface area contributed by atoms with Gasteiger partial charge in [-0.15, -0.1) is 0 Å². The number of unbranched alkanes of at least 4 members (excludes halogenated alkanes) is 6. The van der Waals surface area contributed by atoms with Crippen LogP contribution in [0.25, 0.3) is 0 Å². The minimum absolute atomic E-state index is 0.0727. The second-order valence-corrected chi connectivity index (χ2v) is 6.88. The van der Waals surface area contributed by atoms with E-state index in [1.54, 1.807) is 0 Å². The van der Waals surface area contributed by atoms with Gasteiger partial charge in [0.2, 0.25) is 0 Å².